The average Bonchev–Trinajstić information content (AvgIpc) is 2.51. The van der Waals surface area contributed by atoms with Crippen LogP contribution in [0.4, 0.5) is 0 Å². The molecule has 1 aliphatic rings. The minimum Gasteiger partial charge on any atom is -0.320 e. The smallest absolute Gasteiger partial charge is 0.0608 e. The second kappa shape index (κ2) is 7.42. The van der Waals surface area contributed by atoms with Crippen LogP contribution in [0.2, 0.25) is 5.02 Å². The largest absolute Gasteiger partial charge is 0.320 e. The van der Waals surface area contributed by atoms with Crippen molar-refractivity contribution in [2.45, 2.75) is 24.9 Å². The van der Waals surface area contributed by atoms with E-state index in [9.17, 15) is 0 Å². The lowest BCUT2D eigenvalue weighted by Gasteiger charge is -2.38. The molecule has 0 radical (unpaired) electrons. The lowest BCUT2D eigenvalue weighted by molar-refractivity contribution is 0.153. The highest BCUT2D eigenvalue weighted by Crippen LogP contribution is 2.30. The van der Waals surface area contributed by atoms with E-state index in [2.05, 4.69) is 40.2 Å². The molecule has 22 heavy (non-hydrogen) atoms. The Hall–Kier alpha value is -1.13. The maximum absolute atomic E-state index is 6.55. The number of nitrogens with zero attached hydrogens (tertiary/aromatic N) is 2. The lowest BCUT2D eigenvalue weighted by Crippen LogP contribution is -2.48. The normalized spacial score (nSPS) is 17.7. The molecule has 0 amide bonds. The number of piperidine rings is 1. The lowest BCUT2D eigenvalue weighted by atomic mass is 9.85. The van der Waals surface area contributed by atoms with Crippen molar-refractivity contribution < 1.29 is 0 Å². The minimum atomic E-state index is -0.322. The van der Waals surface area contributed by atoms with Crippen molar-refractivity contribution in [2.75, 3.05) is 13.1 Å². The van der Waals surface area contributed by atoms with Crippen molar-refractivity contribution in [3.05, 3.63) is 64.9 Å². The number of likely N-dealkylation sites (tertiary alicyclic amines) is 1. The first-order valence-corrected chi connectivity index (χ1v) is 7.71. The zero-order valence-corrected chi connectivity index (χ0v) is 14.0. The quantitative estimate of drug-likeness (QED) is 0.930. The highest BCUT2D eigenvalue weighted by Gasteiger charge is 2.33. The summed E-state index contributed by atoms with van der Waals surface area (Å²) in [5, 5.41) is 0.656. The highest BCUT2D eigenvalue weighted by molar-refractivity contribution is 6.30. The number of hydrogen-bond acceptors (Lipinski definition) is 3. The van der Waals surface area contributed by atoms with E-state index in [0.29, 0.717) is 5.02 Å². The molecule has 0 bridgehead atoms. The number of nitrogens with two attached hydrogens (primary N) is 1. The van der Waals surface area contributed by atoms with Crippen LogP contribution in [0.3, 0.4) is 0 Å². The van der Waals surface area contributed by atoms with Crippen LogP contribution in [-0.4, -0.2) is 23.0 Å². The van der Waals surface area contributed by atoms with Gasteiger partial charge in [0.15, 0.2) is 0 Å². The molecule has 0 unspecified atom stereocenters. The van der Waals surface area contributed by atoms with Gasteiger partial charge < -0.3 is 5.73 Å². The fourth-order valence-electron chi connectivity index (χ4n) is 2.88. The molecule has 0 aliphatic carbocycles. The second-order valence-corrected chi connectivity index (χ2v) is 6.22. The molecule has 3 rings (SSSR count). The van der Waals surface area contributed by atoms with Crippen LogP contribution in [0.15, 0.2) is 48.7 Å². The Morgan fingerprint density at radius 1 is 1.09 bits per heavy atom. The fraction of sp³-hybridized carbons (Fsp3) is 0.353. The van der Waals surface area contributed by atoms with Crippen LogP contribution in [0.1, 0.15) is 24.1 Å². The molecule has 2 heterocycles. The van der Waals surface area contributed by atoms with E-state index < -0.39 is 0 Å². The molecule has 1 aromatic carbocycles. The summed E-state index contributed by atoms with van der Waals surface area (Å²) in [6.07, 6.45) is 3.53. The Morgan fingerprint density at radius 2 is 1.77 bits per heavy atom. The summed E-state index contributed by atoms with van der Waals surface area (Å²) in [6, 6.07) is 14.4. The van der Waals surface area contributed by atoms with E-state index in [1.807, 2.05) is 12.1 Å². The zero-order valence-electron chi connectivity index (χ0n) is 12.4. The standard InChI is InChI=1S/C17H20ClN3.ClH/c18-15-6-7-16(20-12-15)17(19)8-10-21(11-9-17)13-14-4-2-1-3-5-14;/h1-7,12H,8-11,13,19H2;1H. The Bertz CT molecular complexity index is 579. The molecule has 3 nitrogen and oxygen atoms in total. The summed E-state index contributed by atoms with van der Waals surface area (Å²) in [5.74, 6) is 0. The van der Waals surface area contributed by atoms with Gasteiger partial charge in [-0.2, -0.15) is 0 Å². The van der Waals surface area contributed by atoms with Crippen LogP contribution >= 0.6 is 24.0 Å². The zero-order chi connectivity index (χ0) is 14.7. The maximum Gasteiger partial charge on any atom is 0.0608 e. The summed E-state index contributed by atoms with van der Waals surface area (Å²) in [4.78, 5) is 6.86. The molecule has 1 saturated heterocycles. The molecule has 5 heteroatoms. The van der Waals surface area contributed by atoms with Gasteiger partial charge in [-0.25, -0.2) is 0 Å². The Kier molecular flexibility index (Phi) is 5.81. The van der Waals surface area contributed by atoms with Gasteiger partial charge in [0.2, 0.25) is 0 Å². The van der Waals surface area contributed by atoms with Gasteiger partial charge >= 0.3 is 0 Å². The van der Waals surface area contributed by atoms with E-state index in [1.165, 1.54) is 5.56 Å². The molecular weight excluding hydrogens is 317 g/mol. The summed E-state index contributed by atoms with van der Waals surface area (Å²) in [5.41, 5.74) is 8.54. The number of benzene rings is 1. The van der Waals surface area contributed by atoms with Crippen molar-refractivity contribution in [1.29, 1.82) is 0 Å². The van der Waals surface area contributed by atoms with Crippen molar-refractivity contribution in [2.24, 2.45) is 5.73 Å². The third-order valence-corrected chi connectivity index (χ3v) is 4.46. The average molecular weight is 338 g/mol. The molecule has 0 saturated carbocycles. The summed E-state index contributed by atoms with van der Waals surface area (Å²) >= 11 is 5.90. The molecule has 2 N–H and O–H groups in total. The molecule has 1 aromatic heterocycles. The SMILES string of the molecule is Cl.NC1(c2ccc(Cl)cn2)CCN(Cc2ccccc2)CC1. The van der Waals surface area contributed by atoms with E-state index in [1.54, 1.807) is 6.20 Å². The molecule has 118 valence electrons. The monoisotopic (exact) mass is 337 g/mol. The van der Waals surface area contributed by atoms with Crippen LogP contribution in [0.25, 0.3) is 0 Å². The number of rotatable bonds is 3. The summed E-state index contributed by atoms with van der Waals surface area (Å²) < 4.78 is 0. The summed E-state index contributed by atoms with van der Waals surface area (Å²) in [6.45, 7) is 2.98. The van der Waals surface area contributed by atoms with Gasteiger partial charge in [-0.1, -0.05) is 41.9 Å². The Morgan fingerprint density at radius 3 is 2.36 bits per heavy atom. The van der Waals surface area contributed by atoms with Gasteiger partial charge in [0.25, 0.3) is 0 Å². The molecular formula is C17H21Cl2N3. The molecule has 0 atom stereocenters. The molecule has 1 aliphatic heterocycles. The predicted molar refractivity (Wildman–Crippen MR) is 93.3 cm³/mol. The minimum absolute atomic E-state index is 0. The Labute approximate surface area is 142 Å². The first kappa shape index (κ1) is 17.2. The van der Waals surface area contributed by atoms with Crippen molar-refractivity contribution in [3.63, 3.8) is 0 Å². The van der Waals surface area contributed by atoms with Crippen LogP contribution in [0, 0.1) is 0 Å². The van der Waals surface area contributed by atoms with Crippen LogP contribution in [0.5, 0.6) is 0 Å². The number of pyridine rings is 1. The number of hydrogen-bond donors (Lipinski definition) is 1. The van der Waals surface area contributed by atoms with Crippen LogP contribution in [-0.2, 0) is 12.1 Å². The molecule has 0 spiro atoms. The van der Waals surface area contributed by atoms with E-state index in [-0.39, 0.29) is 17.9 Å². The third kappa shape index (κ3) is 3.99. The topological polar surface area (TPSA) is 42.1 Å². The number of halogens is 2. The predicted octanol–water partition coefficient (Wildman–Crippen LogP) is 3.61. The highest BCUT2D eigenvalue weighted by atomic mass is 35.5. The summed E-state index contributed by atoms with van der Waals surface area (Å²) in [7, 11) is 0. The van der Waals surface area contributed by atoms with Crippen molar-refractivity contribution >= 4 is 24.0 Å². The van der Waals surface area contributed by atoms with Crippen molar-refractivity contribution in [3.8, 4) is 0 Å². The van der Waals surface area contributed by atoms with Gasteiger partial charge in [0.1, 0.15) is 0 Å². The van der Waals surface area contributed by atoms with Crippen LogP contribution < -0.4 is 5.73 Å². The van der Waals surface area contributed by atoms with E-state index in [4.69, 9.17) is 17.3 Å². The van der Waals surface area contributed by atoms with Gasteiger partial charge in [-0.05, 0) is 30.5 Å². The Balaban J connectivity index is 0.00000176. The maximum atomic E-state index is 6.55. The first-order chi connectivity index (χ1) is 10.2. The first-order valence-electron chi connectivity index (χ1n) is 7.33. The van der Waals surface area contributed by atoms with Crippen molar-refractivity contribution in [1.82, 2.24) is 9.88 Å². The van der Waals surface area contributed by atoms with Gasteiger partial charge in [-0.15, -0.1) is 12.4 Å². The van der Waals surface area contributed by atoms with Gasteiger partial charge in [-0.3, -0.25) is 9.88 Å². The second-order valence-electron chi connectivity index (χ2n) is 5.78. The van der Waals surface area contributed by atoms with E-state index >= 15 is 0 Å². The number of aromatic nitrogens is 1. The fourth-order valence-corrected chi connectivity index (χ4v) is 2.99. The van der Waals surface area contributed by atoms with E-state index in [0.717, 1.165) is 38.2 Å². The molecule has 1 fully saturated rings. The molecule has 2 aromatic rings. The van der Waals surface area contributed by atoms with Gasteiger partial charge in [0.05, 0.1) is 16.3 Å². The third-order valence-electron chi connectivity index (χ3n) is 4.23. The van der Waals surface area contributed by atoms with Gasteiger partial charge in [0, 0.05) is 25.8 Å².